The summed E-state index contributed by atoms with van der Waals surface area (Å²) in [6.07, 6.45) is 0. The number of fused-ring (bicyclic) bond motifs is 1. The molecule has 1 aromatic heterocycles. The number of nitrogens with two attached hydrogens (primary N) is 1. The minimum atomic E-state index is -0.341. The van der Waals surface area contributed by atoms with Gasteiger partial charge in [-0.3, -0.25) is 15.1 Å². The van der Waals surface area contributed by atoms with Gasteiger partial charge in [-0.15, -0.1) is 0 Å². The molecule has 0 aliphatic carbocycles. The fraction of sp³-hybridized carbons (Fsp3) is 0.444. The van der Waals surface area contributed by atoms with Crippen molar-refractivity contribution in [2.75, 3.05) is 33.3 Å². The fourth-order valence-corrected chi connectivity index (χ4v) is 2.71. The van der Waals surface area contributed by atoms with E-state index in [1.165, 1.54) is 7.05 Å². The van der Waals surface area contributed by atoms with Gasteiger partial charge in [0, 0.05) is 30.6 Å². The van der Waals surface area contributed by atoms with Crippen molar-refractivity contribution in [2.45, 2.75) is 20.8 Å². The molecule has 0 saturated heterocycles. The summed E-state index contributed by atoms with van der Waals surface area (Å²) >= 11 is 0. The third-order valence-electron chi connectivity index (χ3n) is 4.39. The smallest absolute Gasteiger partial charge is 0.276 e. The highest BCUT2D eigenvalue weighted by molar-refractivity contribution is 6.06. The monoisotopic (exact) mass is 345 g/mol. The van der Waals surface area contributed by atoms with Crippen LogP contribution in [0.4, 0.5) is 0 Å². The predicted octanol–water partition coefficient (Wildman–Crippen LogP) is 2.16. The minimum absolute atomic E-state index is 0.291. The summed E-state index contributed by atoms with van der Waals surface area (Å²) in [5, 5.41) is 8.33. The van der Waals surface area contributed by atoms with Gasteiger partial charge in [-0.25, -0.2) is 0 Å². The van der Waals surface area contributed by atoms with Gasteiger partial charge in [0.1, 0.15) is 18.1 Å². The minimum Gasteiger partial charge on any atom is -0.492 e. The third kappa shape index (κ3) is 4.30. The molecule has 0 fully saturated rings. The van der Waals surface area contributed by atoms with Crippen molar-refractivity contribution in [3.63, 3.8) is 0 Å². The van der Waals surface area contributed by atoms with E-state index in [0.29, 0.717) is 12.3 Å². The quantitative estimate of drug-likeness (QED) is 0.529. The summed E-state index contributed by atoms with van der Waals surface area (Å²) in [6.45, 7) is 9.75. The predicted molar refractivity (Wildman–Crippen MR) is 100 cm³/mol. The molecule has 136 valence electrons. The maximum Gasteiger partial charge on any atom is 0.276 e. The Labute approximate surface area is 148 Å². The number of guanidine groups is 1. The zero-order valence-electron chi connectivity index (χ0n) is 15.3. The molecule has 0 bridgehead atoms. The standard InChI is InChI=1S/C18H27N5O2/c1-5-23(6-2)7-8-25-13-9-12(3)14-11-16(21-15(14)10-13)17(24)22(4)18(19)20/h9-11,21H,5-8H2,1-4H3,(H3,19,20). The Balaban J connectivity index is 2.18. The molecule has 0 spiro atoms. The van der Waals surface area contributed by atoms with Crippen molar-refractivity contribution in [1.29, 1.82) is 5.41 Å². The summed E-state index contributed by atoms with van der Waals surface area (Å²) in [5.74, 6) is 0.144. The van der Waals surface area contributed by atoms with Crippen LogP contribution in [0.3, 0.4) is 0 Å². The second-order valence-corrected chi connectivity index (χ2v) is 6.01. The zero-order chi connectivity index (χ0) is 18.6. The molecular formula is C18H27N5O2. The number of carbonyl (C=O) groups is 1. The molecule has 0 unspecified atom stereocenters. The second-order valence-electron chi connectivity index (χ2n) is 6.01. The van der Waals surface area contributed by atoms with Crippen LogP contribution in [0.15, 0.2) is 18.2 Å². The molecule has 7 heteroatoms. The van der Waals surface area contributed by atoms with Crippen LogP contribution < -0.4 is 10.5 Å². The van der Waals surface area contributed by atoms with Crippen LogP contribution in [0.1, 0.15) is 29.9 Å². The van der Waals surface area contributed by atoms with Crippen LogP contribution in [0.25, 0.3) is 10.9 Å². The van der Waals surface area contributed by atoms with Gasteiger partial charge in [0.05, 0.1) is 0 Å². The average Bonchev–Trinajstić information content (AvgIpc) is 3.02. The molecule has 2 aromatic rings. The SMILES string of the molecule is CCN(CC)CCOc1cc(C)c2cc(C(=O)N(C)C(=N)N)[nH]c2c1. The van der Waals surface area contributed by atoms with E-state index in [-0.39, 0.29) is 11.9 Å². The Kier molecular flexibility index (Phi) is 6.03. The number of likely N-dealkylation sites (N-methyl/N-ethyl adjacent to an activating group) is 1. The zero-order valence-corrected chi connectivity index (χ0v) is 15.3. The van der Waals surface area contributed by atoms with Crippen LogP contribution in [0.2, 0.25) is 0 Å². The maximum atomic E-state index is 12.3. The second kappa shape index (κ2) is 8.02. The summed E-state index contributed by atoms with van der Waals surface area (Å²) in [6, 6.07) is 5.66. The maximum absolute atomic E-state index is 12.3. The highest BCUT2D eigenvalue weighted by Gasteiger charge is 2.17. The number of ether oxygens (including phenoxy) is 1. The van der Waals surface area contributed by atoms with Gasteiger partial charge < -0.3 is 20.4 Å². The molecule has 7 nitrogen and oxygen atoms in total. The molecule has 4 N–H and O–H groups in total. The van der Waals surface area contributed by atoms with E-state index in [0.717, 1.165) is 46.8 Å². The van der Waals surface area contributed by atoms with Crippen molar-refractivity contribution in [3.8, 4) is 5.75 Å². The molecule has 0 saturated carbocycles. The van der Waals surface area contributed by atoms with E-state index < -0.39 is 0 Å². The number of aromatic nitrogens is 1. The Morgan fingerprint density at radius 3 is 2.56 bits per heavy atom. The number of nitrogens with zero attached hydrogens (tertiary/aromatic N) is 2. The first-order chi connectivity index (χ1) is 11.9. The van der Waals surface area contributed by atoms with Gasteiger partial charge >= 0.3 is 0 Å². The van der Waals surface area contributed by atoms with E-state index >= 15 is 0 Å². The number of aryl methyl sites for hydroxylation is 1. The van der Waals surface area contributed by atoms with Crippen LogP contribution in [0.5, 0.6) is 5.75 Å². The van der Waals surface area contributed by atoms with Crippen LogP contribution in [0, 0.1) is 12.3 Å². The first-order valence-corrected chi connectivity index (χ1v) is 8.47. The van der Waals surface area contributed by atoms with Gasteiger partial charge in [-0.2, -0.15) is 0 Å². The number of amides is 1. The van der Waals surface area contributed by atoms with Crippen molar-refractivity contribution in [1.82, 2.24) is 14.8 Å². The van der Waals surface area contributed by atoms with Crippen LogP contribution in [-0.4, -0.2) is 59.9 Å². The molecule has 1 heterocycles. The summed E-state index contributed by atoms with van der Waals surface area (Å²) in [5.41, 5.74) is 7.63. The fourth-order valence-electron chi connectivity index (χ4n) is 2.71. The number of carbonyl (C=O) groups excluding carboxylic acids is 1. The highest BCUT2D eigenvalue weighted by Crippen LogP contribution is 2.26. The number of hydrogen-bond acceptors (Lipinski definition) is 4. The van der Waals surface area contributed by atoms with Gasteiger partial charge in [0.2, 0.25) is 0 Å². The van der Waals surface area contributed by atoms with E-state index in [1.807, 2.05) is 19.1 Å². The van der Waals surface area contributed by atoms with Gasteiger partial charge in [-0.1, -0.05) is 13.8 Å². The normalized spacial score (nSPS) is 11.1. The van der Waals surface area contributed by atoms with E-state index in [1.54, 1.807) is 6.07 Å². The molecule has 0 aliphatic heterocycles. The summed E-state index contributed by atoms with van der Waals surface area (Å²) in [4.78, 5) is 18.8. The number of rotatable bonds is 7. The van der Waals surface area contributed by atoms with E-state index in [9.17, 15) is 4.79 Å². The molecule has 0 atom stereocenters. The van der Waals surface area contributed by atoms with Crippen LogP contribution in [-0.2, 0) is 0 Å². The lowest BCUT2D eigenvalue weighted by molar-refractivity contribution is 0.0864. The lowest BCUT2D eigenvalue weighted by Crippen LogP contribution is -2.38. The number of hydrogen-bond donors (Lipinski definition) is 3. The van der Waals surface area contributed by atoms with Gasteiger partial charge in [-0.05, 0) is 37.7 Å². The Hall–Kier alpha value is -2.54. The molecule has 25 heavy (non-hydrogen) atoms. The summed E-state index contributed by atoms with van der Waals surface area (Å²) < 4.78 is 5.87. The Morgan fingerprint density at radius 1 is 1.28 bits per heavy atom. The highest BCUT2D eigenvalue weighted by atomic mass is 16.5. The Bertz CT molecular complexity index is 764. The number of aromatic amines is 1. The molecule has 0 aliphatic rings. The van der Waals surface area contributed by atoms with Crippen LogP contribution >= 0.6 is 0 Å². The number of H-pyrrole nitrogens is 1. The molecular weight excluding hydrogens is 318 g/mol. The largest absolute Gasteiger partial charge is 0.492 e. The van der Waals surface area contributed by atoms with Crippen molar-refractivity contribution in [2.24, 2.45) is 5.73 Å². The summed E-state index contributed by atoms with van der Waals surface area (Å²) in [7, 11) is 1.48. The van der Waals surface area contributed by atoms with Crippen molar-refractivity contribution in [3.05, 3.63) is 29.5 Å². The average molecular weight is 345 g/mol. The van der Waals surface area contributed by atoms with Gasteiger partial charge in [0.15, 0.2) is 5.96 Å². The topological polar surface area (TPSA) is 98.4 Å². The van der Waals surface area contributed by atoms with E-state index in [2.05, 4.69) is 23.7 Å². The first kappa shape index (κ1) is 18.8. The Morgan fingerprint density at radius 2 is 1.96 bits per heavy atom. The number of nitrogens with one attached hydrogen (secondary N) is 2. The van der Waals surface area contributed by atoms with E-state index in [4.69, 9.17) is 15.9 Å². The van der Waals surface area contributed by atoms with Crippen molar-refractivity contribution >= 4 is 22.8 Å². The molecule has 1 amide bonds. The number of benzene rings is 1. The third-order valence-corrected chi connectivity index (χ3v) is 4.39. The molecule has 1 aromatic carbocycles. The lowest BCUT2D eigenvalue weighted by atomic mass is 10.1. The first-order valence-electron chi connectivity index (χ1n) is 8.47. The molecule has 0 radical (unpaired) electrons. The lowest BCUT2D eigenvalue weighted by Gasteiger charge is -2.18. The van der Waals surface area contributed by atoms with Crippen molar-refractivity contribution < 1.29 is 9.53 Å². The van der Waals surface area contributed by atoms with Gasteiger partial charge in [0.25, 0.3) is 5.91 Å². The molecule has 2 rings (SSSR count).